The van der Waals surface area contributed by atoms with Crippen molar-refractivity contribution < 1.29 is 19.1 Å². The lowest BCUT2D eigenvalue weighted by atomic mass is 10.0. The Hall–Kier alpha value is -1.92. The van der Waals surface area contributed by atoms with Crippen molar-refractivity contribution in [2.24, 2.45) is 13.0 Å². The maximum absolute atomic E-state index is 13.6. The van der Waals surface area contributed by atoms with Crippen molar-refractivity contribution in [3.05, 3.63) is 17.5 Å². The molecule has 2 unspecified atom stereocenters. The average molecular weight is 323 g/mol. The lowest BCUT2D eigenvalue weighted by Gasteiger charge is -2.17. The molecule has 6 nitrogen and oxygen atoms in total. The number of nitrogens with zero attached hydrogens (tertiary/aromatic N) is 3. The zero-order valence-corrected chi connectivity index (χ0v) is 13.2. The number of carboxylic acids is 1. The summed E-state index contributed by atoms with van der Waals surface area (Å²) in [4.78, 5) is 24.9. The van der Waals surface area contributed by atoms with E-state index in [9.17, 15) is 14.0 Å². The van der Waals surface area contributed by atoms with Crippen LogP contribution in [-0.4, -0.2) is 50.9 Å². The first-order valence-corrected chi connectivity index (χ1v) is 8.17. The Morgan fingerprint density at radius 1 is 1.35 bits per heavy atom. The maximum atomic E-state index is 13.6. The molecule has 2 aliphatic rings. The fraction of sp³-hybridized carbons (Fsp3) is 0.688. The number of hydrogen-bond donors (Lipinski definition) is 1. The van der Waals surface area contributed by atoms with Crippen molar-refractivity contribution >= 4 is 11.9 Å². The number of alkyl halides is 1. The minimum absolute atomic E-state index is 0.149. The first kappa shape index (κ1) is 16.0. The molecule has 0 radical (unpaired) electrons. The van der Waals surface area contributed by atoms with E-state index in [0.717, 1.165) is 18.5 Å². The second-order valence-electron chi connectivity index (χ2n) is 6.60. The van der Waals surface area contributed by atoms with Crippen LogP contribution in [0.25, 0.3) is 0 Å². The molecule has 126 valence electrons. The minimum Gasteiger partial charge on any atom is -0.479 e. The van der Waals surface area contributed by atoms with Crippen molar-refractivity contribution in [3.63, 3.8) is 0 Å². The molecule has 7 heteroatoms. The van der Waals surface area contributed by atoms with Gasteiger partial charge < -0.3 is 10.0 Å². The Balaban J connectivity index is 1.70. The molecule has 1 saturated heterocycles. The van der Waals surface area contributed by atoms with Crippen LogP contribution in [0, 0.1) is 5.92 Å². The third kappa shape index (κ3) is 3.09. The van der Waals surface area contributed by atoms with Gasteiger partial charge in [0, 0.05) is 32.0 Å². The highest BCUT2D eigenvalue weighted by molar-refractivity contribution is 5.93. The molecule has 0 bridgehead atoms. The highest BCUT2D eigenvalue weighted by Gasteiger charge is 2.37. The molecular formula is C16H22FN3O3. The van der Waals surface area contributed by atoms with Gasteiger partial charge in [0.1, 0.15) is 5.69 Å². The van der Waals surface area contributed by atoms with Gasteiger partial charge >= 0.3 is 5.97 Å². The topological polar surface area (TPSA) is 75.4 Å². The molecule has 1 aliphatic carbocycles. The molecule has 1 N–H and O–H groups in total. The van der Waals surface area contributed by atoms with Crippen LogP contribution in [0.4, 0.5) is 4.39 Å². The fourth-order valence-electron chi connectivity index (χ4n) is 3.68. The van der Waals surface area contributed by atoms with E-state index in [4.69, 9.17) is 5.11 Å². The molecule has 0 aromatic carbocycles. The lowest BCUT2D eigenvalue weighted by molar-refractivity contribution is -0.144. The summed E-state index contributed by atoms with van der Waals surface area (Å²) in [5.74, 6) is -1.84. The standard InChI is InChI=1S/C16H22FN3O3/c1-19-13(8-12(18-19)10-4-2-3-5-10)15(21)20-7-6-11(9-20)14(17)16(22)23/h8,10-11,14H,2-7,9H2,1H3,(H,22,23). The number of likely N-dealkylation sites (tertiary alicyclic amines) is 1. The number of aliphatic carboxylic acids is 1. The summed E-state index contributed by atoms with van der Waals surface area (Å²) < 4.78 is 15.2. The van der Waals surface area contributed by atoms with Gasteiger partial charge in [-0.1, -0.05) is 12.8 Å². The zero-order chi connectivity index (χ0) is 16.6. The number of rotatable bonds is 4. The van der Waals surface area contributed by atoms with Crippen LogP contribution >= 0.6 is 0 Å². The molecule has 1 aliphatic heterocycles. The van der Waals surface area contributed by atoms with Crippen LogP contribution in [-0.2, 0) is 11.8 Å². The van der Waals surface area contributed by atoms with Gasteiger partial charge in [0.15, 0.2) is 0 Å². The Kier molecular flexibility index (Phi) is 4.37. The summed E-state index contributed by atoms with van der Waals surface area (Å²) in [6.45, 7) is 0.539. The van der Waals surface area contributed by atoms with E-state index in [2.05, 4.69) is 5.10 Å². The van der Waals surface area contributed by atoms with Crippen molar-refractivity contribution in [2.45, 2.75) is 44.2 Å². The summed E-state index contributed by atoms with van der Waals surface area (Å²) in [5, 5.41) is 13.2. The van der Waals surface area contributed by atoms with Crippen LogP contribution in [0.15, 0.2) is 6.07 Å². The Morgan fingerprint density at radius 3 is 2.70 bits per heavy atom. The highest BCUT2D eigenvalue weighted by atomic mass is 19.1. The molecule has 1 amide bonds. The van der Waals surface area contributed by atoms with Gasteiger partial charge in [-0.2, -0.15) is 5.10 Å². The van der Waals surface area contributed by atoms with Crippen molar-refractivity contribution in [1.82, 2.24) is 14.7 Å². The van der Waals surface area contributed by atoms with Gasteiger partial charge in [0.2, 0.25) is 6.17 Å². The number of carbonyl (C=O) groups excluding carboxylic acids is 1. The Bertz CT molecular complexity index is 610. The maximum Gasteiger partial charge on any atom is 0.338 e. The van der Waals surface area contributed by atoms with E-state index in [0.29, 0.717) is 24.6 Å². The number of carboxylic acid groups (broad SMARTS) is 1. The molecule has 1 saturated carbocycles. The smallest absolute Gasteiger partial charge is 0.338 e. The van der Waals surface area contributed by atoms with Crippen molar-refractivity contribution in [2.75, 3.05) is 13.1 Å². The molecule has 2 atom stereocenters. The van der Waals surface area contributed by atoms with E-state index >= 15 is 0 Å². The predicted molar refractivity (Wildman–Crippen MR) is 81.0 cm³/mol. The van der Waals surface area contributed by atoms with E-state index in [1.54, 1.807) is 11.7 Å². The number of aromatic nitrogens is 2. The van der Waals surface area contributed by atoms with Crippen LogP contribution in [0.5, 0.6) is 0 Å². The Labute approximate surface area is 134 Å². The third-order valence-corrected chi connectivity index (χ3v) is 5.05. The van der Waals surface area contributed by atoms with Crippen LogP contribution in [0.2, 0.25) is 0 Å². The fourth-order valence-corrected chi connectivity index (χ4v) is 3.68. The second kappa shape index (κ2) is 6.29. The van der Waals surface area contributed by atoms with E-state index < -0.39 is 18.1 Å². The number of aryl methyl sites for hydroxylation is 1. The summed E-state index contributed by atoms with van der Waals surface area (Å²) in [5.41, 5.74) is 1.45. The molecular weight excluding hydrogens is 301 g/mol. The zero-order valence-electron chi connectivity index (χ0n) is 13.2. The number of hydrogen-bond acceptors (Lipinski definition) is 3. The third-order valence-electron chi connectivity index (χ3n) is 5.05. The average Bonchev–Trinajstić information content (AvgIpc) is 3.25. The highest BCUT2D eigenvalue weighted by Crippen LogP contribution is 2.34. The first-order chi connectivity index (χ1) is 11.0. The molecule has 3 rings (SSSR count). The van der Waals surface area contributed by atoms with E-state index in [-0.39, 0.29) is 12.5 Å². The summed E-state index contributed by atoms with van der Waals surface area (Å²) in [7, 11) is 1.74. The number of carbonyl (C=O) groups is 2. The molecule has 1 aromatic heterocycles. The van der Waals surface area contributed by atoms with Gasteiger partial charge in [-0.15, -0.1) is 0 Å². The first-order valence-electron chi connectivity index (χ1n) is 8.17. The molecule has 1 aromatic rings. The largest absolute Gasteiger partial charge is 0.479 e. The molecule has 2 heterocycles. The minimum atomic E-state index is -1.91. The van der Waals surface area contributed by atoms with Crippen molar-refractivity contribution in [3.8, 4) is 0 Å². The summed E-state index contributed by atoms with van der Waals surface area (Å²) >= 11 is 0. The number of halogens is 1. The Morgan fingerprint density at radius 2 is 2.04 bits per heavy atom. The van der Waals surface area contributed by atoms with Crippen molar-refractivity contribution in [1.29, 1.82) is 0 Å². The lowest BCUT2D eigenvalue weighted by Crippen LogP contribution is -2.33. The monoisotopic (exact) mass is 323 g/mol. The second-order valence-corrected chi connectivity index (χ2v) is 6.60. The summed E-state index contributed by atoms with van der Waals surface area (Å²) in [6, 6.07) is 1.84. The molecule has 23 heavy (non-hydrogen) atoms. The summed E-state index contributed by atoms with van der Waals surface area (Å²) in [6.07, 6.45) is 3.09. The number of amides is 1. The van der Waals surface area contributed by atoms with Crippen LogP contribution < -0.4 is 0 Å². The quantitative estimate of drug-likeness (QED) is 0.919. The van der Waals surface area contributed by atoms with Gasteiger partial charge in [0.25, 0.3) is 5.91 Å². The van der Waals surface area contributed by atoms with E-state index in [1.807, 2.05) is 6.07 Å². The molecule has 0 spiro atoms. The predicted octanol–water partition coefficient (Wildman–Crippen LogP) is 1.96. The molecule has 2 fully saturated rings. The van der Waals surface area contributed by atoms with E-state index in [1.165, 1.54) is 17.7 Å². The van der Waals surface area contributed by atoms with Gasteiger partial charge in [-0.05, 0) is 25.3 Å². The SMILES string of the molecule is Cn1nc(C2CCCC2)cc1C(=O)N1CCC(C(F)C(=O)O)C1. The van der Waals surface area contributed by atoms with Gasteiger partial charge in [0.05, 0.1) is 5.69 Å². The van der Waals surface area contributed by atoms with Crippen LogP contribution in [0.3, 0.4) is 0 Å². The van der Waals surface area contributed by atoms with Gasteiger partial charge in [-0.3, -0.25) is 9.48 Å². The van der Waals surface area contributed by atoms with Crippen LogP contribution in [0.1, 0.15) is 54.2 Å². The van der Waals surface area contributed by atoms with Gasteiger partial charge in [-0.25, -0.2) is 9.18 Å². The normalized spacial score (nSPS) is 23.4.